The number of carboxylic acid groups (broad SMARTS) is 1. The van der Waals surface area contributed by atoms with Crippen molar-refractivity contribution in [1.82, 2.24) is 10.6 Å². The lowest BCUT2D eigenvalue weighted by Gasteiger charge is -2.21. The quantitative estimate of drug-likeness (QED) is 0.620. The van der Waals surface area contributed by atoms with E-state index in [0.717, 1.165) is 0 Å². The zero-order valence-electron chi connectivity index (χ0n) is 11.9. The number of urea groups is 1. The molecule has 2 amide bonds. The number of hydrogen-bond acceptors (Lipinski definition) is 3. The summed E-state index contributed by atoms with van der Waals surface area (Å²) in [5.74, 6) is -0.891. The number of carbonyl (C=O) groups is 2. The molecule has 7 heteroatoms. The molecule has 112 valence electrons. The third-order valence-electron chi connectivity index (χ3n) is 2.92. The summed E-state index contributed by atoms with van der Waals surface area (Å²) in [5, 5.41) is 14.1. The van der Waals surface area contributed by atoms with Crippen LogP contribution in [0.25, 0.3) is 0 Å². The molecule has 0 saturated heterocycles. The van der Waals surface area contributed by atoms with Crippen LogP contribution in [0.5, 0.6) is 0 Å². The Hall–Kier alpha value is -1.11. The second-order valence-electron chi connectivity index (χ2n) is 4.95. The van der Waals surface area contributed by atoms with Crippen LogP contribution in [0.15, 0.2) is 0 Å². The summed E-state index contributed by atoms with van der Waals surface area (Å²) >= 11 is 0. The highest BCUT2D eigenvalue weighted by Crippen LogP contribution is 2.06. The third kappa shape index (κ3) is 8.58. The van der Waals surface area contributed by atoms with Gasteiger partial charge in [0.25, 0.3) is 0 Å². The predicted molar refractivity (Wildman–Crippen MR) is 75.6 cm³/mol. The Morgan fingerprint density at radius 1 is 1.26 bits per heavy atom. The molecule has 0 aromatic rings. The molecule has 6 nitrogen and oxygen atoms in total. The van der Waals surface area contributed by atoms with Gasteiger partial charge in [-0.15, -0.1) is 0 Å². The summed E-state index contributed by atoms with van der Waals surface area (Å²) in [6.07, 6.45) is 2.16. The van der Waals surface area contributed by atoms with Crippen molar-refractivity contribution in [1.29, 1.82) is 0 Å². The second kappa shape index (κ2) is 8.90. The van der Waals surface area contributed by atoms with E-state index in [9.17, 15) is 13.8 Å². The fraction of sp³-hybridized carbons (Fsp3) is 0.833. The van der Waals surface area contributed by atoms with Crippen molar-refractivity contribution in [2.24, 2.45) is 5.92 Å². The van der Waals surface area contributed by atoms with E-state index in [2.05, 4.69) is 10.6 Å². The number of carboxylic acids is 1. The number of rotatable bonds is 8. The van der Waals surface area contributed by atoms with Crippen LogP contribution in [0.4, 0.5) is 4.79 Å². The first-order valence-electron chi connectivity index (χ1n) is 6.32. The van der Waals surface area contributed by atoms with E-state index in [1.54, 1.807) is 6.26 Å². The average molecular weight is 292 g/mol. The van der Waals surface area contributed by atoms with E-state index in [1.807, 2.05) is 20.8 Å². The van der Waals surface area contributed by atoms with Gasteiger partial charge in [-0.3, -0.25) is 9.00 Å². The number of aliphatic carboxylic acids is 1. The van der Waals surface area contributed by atoms with Crippen molar-refractivity contribution in [3.8, 4) is 0 Å². The van der Waals surface area contributed by atoms with Gasteiger partial charge in [0.05, 0.1) is 6.42 Å². The van der Waals surface area contributed by atoms with Crippen LogP contribution in [0.1, 0.15) is 33.6 Å². The van der Waals surface area contributed by atoms with Crippen LogP contribution < -0.4 is 10.6 Å². The molecule has 0 aliphatic heterocycles. The Kier molecular flexibility index (Phi) is 8.38. The molecule has 0 bridgehead atoms. The standard InChI is InChI=1S/C12H24N2O4S/c1-8(2)10(7-11(15)16)14-12(17)13-6-5-9(3)19(4)18/h8-10H,5-7H2,1-4H3,(H,15,16)(H2,13,14,17). The maximum Gasteiger partial charge on any atom is 0.315 e. The summed E-state index contributed by atoms with van der Waals surface area (Å²) in [7, 11) is -0.900. The Bertz CT molecular complexity index is 334. The summed E-state index contributed by atoms with van der Waals surface area (Å²) < 4.78 is 11.1. The molecular weight excluding hydrogens is 268 g/mol. The van der Waals surface area contributed by atoms with Crippen molar-refractivity contribution in [3.05, 3.63) is 0 Å². The molecule has 0 spiro atoms. The molecule has 0 aromatic heterocycles. The fourth-order valence-electron chi connectivity index (χ4n) is 1.42. The second-order valence-corrected chi connectivity index (χ2v) is 6.75. The molecule has 0 aliphatic carbocycles. The van der Waals surface area contributed by atoms with Crippen molar-refractivity contribution < 1.29 is 18.9 Å². The molecule has 3 N–H and O–H groups in total. The number of carbonyl (C=O) groups excluding carboxylic acids is 1. The van der Waals surface area contributed by atoms with E-state index in [-0.39, 0.29) is 23.6 Å². The Labute approximate surface area is 116 Å². The lowest BCUT2D eigenvalue weighted by Crippen LogP contribution is -2.46. The molecule has 3 unspecified atom stereocenters. The molecule has 0 aromatic carbocycles. The fourth-order valence-corrected chi connectivity index (χ4v) is 1.87. The molecule has 3 atom stereocenters. The van der Waals surface area contributed by atoms with Gasteiger partial charge < -0.3 is 15.7 Å². The van der Waals surface area contributed by atoms with E-state index in [1.165, 1.54) is 0 Å². The van der Waals surface area contributed by atoms with Gasteiger partial charge in [0, 0.05) is 34.9 Å². The summed E-state index contributed by atoms with van der Waals surface area (Å²) in [6, 6.07) is -0.774. The SMILES string of the molecule is CC(C)C(CC(=O)O)NC(=O)NCCC(C)S(C)=O. The van der Waals surface area contributed by atoms with Crippen LogP contribution in [-0.2, 0) is 15.6 Å². The lowest BCUT2D eigenvalue weighted by molar-refractivity contribution is -0.137. The largest absolute Gasteiger partial charge is 0.481 e. The highest BCUT2D eigenvalue weighted by molar-refractivity contribution is 7.84. The van der Waals surface area contributed by atoms with Gasteiger partial charge in [-0.05, 0) is 12.3 Å². The molecule has 0 fully saturated rings. The summed E-state index contributed by atoms with van der Waals surface area (Å²) in [5.41, 5.74) is 0. The van der Waals surface area contributed by atoms with Crippen LogP contribution in [0.2, 0.25) is 0 Å². The molecule has 0 heterocycles. The monoisotopic (exact) mass is 292 g/mol. The van der Waals surface area contributed by atoms with Crippen molar-refractivity contribution in [3.63, 3.8) is 0 Å². The van der Waals surface area contributed by atoms with Crippen molar-refractivity contribution in [2.45, 2.75) is 44.9 Å². The first-order chi connectivity index (χ1) is 8.73. The van der Waals surface area contributed by atoms with Crippen molar-refractivity contribution in [2.75, 3.05) is 12.8 Å². The van der Waals surface area contributed by atoms with Crippen LogP contribution in [0, 0.1) is 5.92 Å². The van der Waals surface area contributed by atoms with E-state index in [0.29, 0.717) is 13.0 Å². The molecule has 0 radical (unpaired) electrons. The normalized spacial score (nSPS) is 15.6. The number of nitrogens with one attached hydrogen (secondary N) is 2. The maximum atomic E-state index is 11.6. The van der Waals surface area contributed by atoms with Crippen LogP contribution in [0.3, 0.4) is 0 Å². The average Bonchev–Trinajstić information content (AvgIpc) is 2.26. The van der Waals surface area contributed by atoms with Crippen molar-refractivity contribution >= 4 is 22.8 Å². The minimum Gasteiger partial charge on any atom is -0.481 e. The highest BCUT2D eigenvalue weighted by atomic mass is 32.2. The first kappa shape index (κ1) is 17.9. The van der Waals surface area contributed by atoms with Gasteiger partial charge in [-0.1, -0.05) is 20.8 Å². The van der Waals surface area contributed by atoms with E-state index >= 15 is 0 Å². The smallest absolute Gasteiger partial charge is 0.315 e. The summed E-state index contributed by atoms with van der Waals surface area (Å²) in [6.45, 7) is 5.99. The Balaban J connectivity index is 4.06. The molecule has 0 saturated carbocycles. The van der Waals surface area contributed by atoms with Gasteiger partial charge in [0.1, 0.15) is 0 Å². The topological polar surface area (TPSA) is 95.5 Å². The minimum atomic E-state index is -0.936. The zero-order chi connectivity index (χ0) is 15.0. The molecule has 0 rings (SSSR count). The zero-order valence-corrected chi connectivity index (χ0v) is 12.8. The van der Waals surface area contributed by atoms with Gasteiger partial charge in [-0.25, -0.2) is 4.79 Å². The Morgan fingerprint density at radius 2 is 1.84 bits per heavy atom. The maximum absolute atomic E-state index is 11.6. The minimum absolute atomic E-state index is 0.0280. The predicted octanol–water partition coefficient (Wildman–Crippen LogP) is 0.942. The van der Waals surface area contributed by atoms with E-state index in [4.69, 9.17) is 5.11 Å². The Morgan fingerprint density at radius 3 is 2.26 bits per heavy atom. The lowest BCUT2D eigenvalue weighted by atomic mass is 10.0. The molecule has 19 heavy (non-hydrogen) atoms. The first-order valence-corrected chi connectivity index (χ1v) is 7.94. The summed E-state index contributed by atoms with van der Waals surface area (Å²) in [4.78, 5) is 22.3. The van der Waals surface area contributed by atoms with Gasteiger partial charge in [0.15, 0.2) is 0 Å². The van der Waals surface area contributed by atoms with E-state index < -0.39 is 22.8 Å². The molecular formula is C12H24N2O4S. The third-order valence-corrected chi connectivity index (χ3v) is 4.29. The van der Waals surface area contributed by atoms with Crippen LogP contribution in [-0.4, -0.2) is 45.4 Å². The van der Waals surface area contributed by atoms with Gasteiger partial charge in [0.2, 0.25) is 0 Å². The number of amides is 2. The molecule has 0 aliphatic rings. The van der Waals surface area contributed by atoms with Gasteiger partial charge in [-0.2, -0.15) is 0 Å². The number of hydrogen-bond donors (Lipinski definition) is 3. The van der Waals surface area contributed by atoms with Crippen LogP contribution >= 0.6 is 0 Å². The highest BCUT2D eigenvalue weighted by Gasteiger charge is 2.19. The van der Waals surface area contributed by atoms with Gasteiger partial charge >= 0.3 is 12.0 Å².